The molecule has 1 aromatic carbocycles. The number of hydrogen-bond donors (Lipinski definition) is 1. The van der Waals surface area contributed by atoms with Gasteiger partial charge in [0.2, 0.25) is 5.91 Å². The number of rotatable bonds is 5. The lowest BCUT2D eigenvalue weighted by molar-refractivity contribution is -0.131. The van der Waals surface area contributed by atoms with Gasteiger partial charge in [-0.05, 0) is 32.0 Å². The van der Waals surface area contributed by atoms with Crippen LogP contribution in [0.4, 0.5) is 0 Å². The monoisotopic (exact) mass is 352 g/mol. The Morgan fingerprint density at radius 2 is 1.96 bits per heavy atom. The summed E-state index contributed by atoms with van der Waals surface area (Å²) < 4.78 is 23.4. The molecule has 2 aliphatic heterocycles. The second kappa shape index (κ2) is 7.98. The van der Waals surface area contributed by atoms with Gasteiger partial charge in [0.25, 0.3) is 0 Å². The van der Waals surface area contributed by atoms with Crippen molar-refractivity contribution in [2.75, 3.05) is 39.1 Å². The molecular weight excluding hydrogens is 328 g/mol. The highest BCUT2D eigenvalue weighted by Crippen LogP contribution is 2.31. The number of nitrogens with one attached hydrogen (secondary N) is 1. The topological polar surface area (TPSA) is 67.9 Å². The van der Waals surface area contributed by atoms with E-state index in [1.165, 1.54) is 0 Å². The van der Waals surface area contributed by atoms with Crippen LogP contribution in [0.1, 0.15) is 19.3 Å². The summed E-state index contributed by atoms with van der Waals surface area (Å²) in [5, 5.41) is 3.25. The average molecular weight is 352 g/mol. The van der Waals surface area contributed by atoms with Crippen LogP contribution in [0.3, 0.4) is 0 Å². The van der Waals surface area contributed by atoms with Gasteiger partial charge in [-0.15, -0.1) is 0 Å². The van der Waals surface area contributed by atoms with Gasteiger partial charge >= 0.3 is 0 Å². The minimum absolute atomic E-state index is 0.0930. The molecular formula is C17H24N2O4S. The maximum Gasteiger partial charge on any atom is 0.223 e. The Morgan fingerprint density at radius 3 is 2.67 bits per heavy atom. The van der Waals surface area contributed by atoms with Gasteiger partial charge in [0.1, 0.15) is 13.2 Å². The quantitative estimate of drug-likeness (QED) is 0.861. The molecule has 0 aliphatic carbocycles. The smallest absolute Gasteiger partial charge is 0.223 e. The van der Waals surface area contributed by atoms with E-state index in [2.05, 4.69) is 5.32 Å². The first kappa shape index (κ1) is 17.2. The fraction of sp³-hybridized carbons (Fsp3) is 0.588. The maximum atomic E-state index is 12.5. The van der Waals surface area contributed by atoms with Gasteiger partial charge in [-0.1, -0.05) is 0 Å². The molecule has 3 rings (SSSR count). The van der Waals surface area contributed by atoms with Crippen molar-refractivity contribution in [2.24, 2.45) is 0 Å². The van der Waals surface area contributed by atoms with Crippen LogP contribution in [0.2, 0.25) is 0 Å². The lowest BCUT2D eigenvalue weighted by Gasteiger charge is -2.31. The number of carbonyl (C=O) groups is 1. The fourth-order valence-corrected chi connectivity index (χ4v) is 4.09. The molecule has 1 aromatic rings. The second-order valence-electron chi connectivity index (χ2n) is 6.05. The van der Waals surface area contributed by atoms with Crippen molar-refractivity contribution >= 4 is 16.7 Å². The van der Waals surface area contributed by atoms with E-state index in [0.717, 1.165) is 25.9 Å². The minimum atomic E-state index is -1.21. The zero-order chi connectivity index (χ0) is 16.9. The van der Waals surface area contributed by atoms with E-state index in [0.29, 0.717) is 47.8 Å². The Bertz CT molecular complexity index is 615. The number of amides is 1. The van der Waals surface area contributed by atoms with Gasteiger partial charge in [0, 0.05) is 42.3 Å². The minimum Gasteiger partial charge on any atom is -0.486 e. The molecule has 1 saturated heterocycles. The van der Waals surface area contributed by atoms with Crippen LogP contribution in [0.5, 0.6) is 11.5 Å². The summed E-state index contributed by atoms with van der Waals surface area (Å²) in [5.74, 6) is 1.75. The molecule has 1 N–H and O–H groups in total. The predicted molar refractivity (Wildman–Crippen MR) is 92.0 cm³/mol. The Kier molecular flexibility index (Phi) is 5.73. The fourth-order valence-electron chi connectivity index (χ4n) is 3.04. The van der Waals surface area contributed by atoms with Crippen molar-refractivity contribution in [3.63, 3.8) is 0 Å². The van der Waals surface area contributed by atoms with Crippen molar-refractivity contribution in [2.45, 2.75) is 30.2 Å². The van der Waals surface area contributed by atoms with Crippen LogP contribution in [0.15, 0.2) is 23.1 Å². The molecule has 2 aliphatic rings. The van der Waals surface area contributed by atoms with Crippen LogP contribution >= 0.6 is 0 Å². The largest absolute Gasteiger partial charge is 0.486 e. The average Bonchev–Trinajstić information content (AvgIpc) is 2.65. The number of likely N-dealkylation sites (tertiary alicyclic amines) is 1. The van der Waals surface area contributed by atoms with Gasteiger partial charge in [0.05, 0.1) is 10.8 Å². The third-order valence-corrected chi connectivity index (χ3v) is 5.89. The van der Waals surface area contributed by atoms with Crippen molar-refractivity contribution in [1.29, 1.82) is 0 Å². The first-order chi connectivity index (χ1) is 11.7. The number of piperidine rings is 1. The Balaban J connectivity index is 1.51. The molecule has 1 amide bonds. The second-order valence-corrected chi connectivity index (χ2v) is 7.62. The number of fused-ring (bicyclic) bond motifs is 1. The lowest BCUT2D eigenvalue weighted by atomic mass is 10.1. The van der Waals surface area contributed by atoms with Crippen LogP contribution in [0.25, 0.3) is 0 Å². The van der Waals surface area contributed by atoms with Crippen molar-refractivity contribution in [3.05, 3.63) is 18.2 Å². The maximum absolute atomic E-state index is 12.5. The van der Waals surface area contributed by atoms with E-state index in [4.69, 9.17) is 9.47 Å². The van der Waals surface area contributed by atoms with Crippen molar-refractivity contribution in [3.8, 4) is 11.5 Å². The molecule has 2 heterocycles. The van der Waals surface area contributed by atoms with E-state index in [1.54, 1.807) is 18.2 Å². The highest BCUT2D eigenvalue weighted by atomic mass is 32.2. The molecule has 1 atom stereocenters. The van der Waals surface area contributed by atoms with Crippen LogP contribution in [0, 0.1) is 0 Å². The zero-order valence-corrected chi connectivity index (χ0v) is 14.8. The van der Waals surface area contributed by atoms with Crippen molar-refractivity contribution < 1.29 is 18.5 Å². The van der Waals surface area contributed by atoms with Gasteiger partial charge in [-0.25, -0.2) is 0 Å². The third-order valence-electron chi connectivity index (χ3n) is 4.53. The molecule has 0 spiro atoms. The highest BCUT2D eigenvalue weighted by molar-refractivity contribution is 7.85. The number of ether oxygens (including phenoxy) is 2. The van der Waals surface area contributed by atoms with Crippen LogP contribution in [-0.2, 0) is 15.6 Å². The first-order valence-electron chi connectivity index (χ1n) is 8.40. The Morgan fingerprint density at radius 1 is 1.25 bits per heavy atom. The molecule has 24 heavy (non-hydrogen) atoms. The van der Waals surface area contributed by atoms with Crippen LogP contribution < -0.4 is 14.8 Å². The number of benzene rings is 1. The van der Waals surface area contributed by atoms with Gasteiger partial charge in [-0.3, -0.25) is 9.00 Å². The zero-order valence-electron chi connectivity index (χ0n) is 14.0. The predicted octanol–water partition coefficient (Wildman–Crippen LogP) is 1.17. The molecule has 0 radical (unpaired) electrons. The van der Waals surface area contributed by atoms with E-state index in [9.17, 15) is 9.00 Å². The van der Waals surface area contributed by atoms with E-state index < -0.39 is 10.8 Å². The van der Waals surface area contributed by atoms with Gasteiger partial charge < -0.3 is 19.7 Å². The summed E-state index contributed by atoms with van der Waals surface area (Å²) in [4.78, 5) is 14.9. The summed E-state index contributed by atoms with van der Waals surface area (Å²) in [6.45, 7) is 2.60. The molecule has 132 valence electrons. The van der Waals surface area contributed by atoms with Crippen molar-refractivity contribution in [1.82, 2.24) is 10.2 Å². The van der Waals surface area contributed by atoms with E-state index in [1.807, 2.05) is 11.9 Å². The number of hydrogen-bond acceptors (Lipinski definition) is 5. The normalized spacial score (nSPS) is 19.1. The van der Waals surface area contributed by atoms with E-state index >= 15 is 0 Å². The van der Waals surface area contributed by atoms with Gasteiger partial charge in [0.15, 0.2) is 11.5 Å². The van der Waals surface area contributed by atoms with Gasteiger partial charge in [-0.2, -0.15) is 0 Å². The lowest BCUT2D eigenvalue weighted by Crippen LogP contribution is -2.44. The third kappa shape index (κ3) is 4.08. The molecule has 0 saturated carbocycles. The summed E-state index contributed by atoms with van der Waals surface area (Å²) >= 11 is 0. The molecule has 0 aromatic heterocycles. The number of nitrogens with zero attached hydrogens (tertiary/aromatic N) is 1. The molecule has 1 unspecified atom stereocenters. The molecule has 1 fully saturated rings. The summed E-state index contributed by atoms with van der Waals surface area (Å²) in [6.07, 6.45) is 2.27. The SMILES string of the molecule is CNC1CCN(C(=O)CCS(=O)c2ccc3c(c2)OCCO3)CC1. The van der Waals surface area contributed by atoms with E-state index in [-0.39, 0.29) is 5.91 Å². The molecule has 6 nitrogen and oxygen atoms in total. The van der Waals surface area contributed by atoms with Crippen LogP contribution in [-0.4, -0.2) is 60.2 Å². The Hall–Kier alpha value is -1.60. The standard InChI is InChI=1S/C17H24N2O4S/c1-18-13-4-7-19(8-5-13)17(20)6-11-24(21)14-2-3-15-16(12-14)23-10-9-22-15/h2-3,12-13,18H,4-11H2,1H3. The highest BCUT2D eigenvalue weighted by Gasteiger charge is 2.22. The molecule has 7 heteroatoms. The summed E-state index contributed by atoms with van der Waals surface area (Å²) in [6, 6.07) is 5.83. The Labute approximate surface area is 145 Å². The number of carbonyl (C=O) groups excluding carboxylic acids is 1. The molecule has 0 bridgehead atoms. The first-order valence-corrected chi connectivity index (χ1v) is 9.72. The summed E-state index contributed by atoms with van der Waals surface area (Å²) in [7, 11) is 0.747. The summed E-state index contributed by atoms with van der Waals surface area (Å²) in [5.41, 5.74) is 0.